The quantitative estimate of drug-likeness (QED) is 0.864. The molecule has 2 amide bonds. The first kappa shape index (κ1) is 16.6. The normalized spacial score (nSPS) is 19.5. The van der Waals surface area contributed by atoms with Gasteiger partial charge in [-0.2, -0.15) is 0 Å². The van der Waals surface area contributed by atoms with Crippen molar-refractivity contribution in [3.63, 3.8) is 0 Å². The molecule has 2 fully saturated rings. The molecule has 0 unspecified atom stereocenters. The van der Waals surface area contributed by atoms with Gasteiger partial charge < -0.3 is 24.4 Å². The molecule has 0 atom stereocenters. The Bertz CT molecular complexity index is 584. The largest absolute Gasteiger partial charge is 0.492 e. The van der Waals surface area contributed by atoms with Gasteiger partial charge in [0.2, 0.25) is 5.91 Å². The first-order valence-corrected chi connectivity index (χ1v) is 8.16. The third-order valence-corrected chi connectivity index (χ3v) is 4.58. The predicted octanol–water partition coefficient (Wildman–Crippen LogP) is 0.871. The Morgan fingerprint density at radius 2 is 1.96 bits per heavy atom. The lowest BCUT2D eigenvalue weighted by atomic mass is 9.91. The highest BCUT2D eigenvalue weighted by Crippen LogP contribution is 2.33. The fraction of sp³-hybridized carbons (Fsp3) is 0.529. The van der Waals surface area contributed by atoms with E-state index in [0.29, 0.717) is 45.6 Å². The van der Waals surface area contributed by atoms with Gasteiger partial charge in [0, 0.05) is 25.9 Å². The summed E-state index contributed by atoms with van der Waals surface area (Å²) in [5, 5.41) is 8.92. The third-order valence-electron chi connectivity index (χ3n) is 4.58. The van der Waals surface area contributed by atoms with Gasteiger partial charge in [-0.3, -0.25) is 4.79 Å². The molecule has 0 bridgehead atoms. The highest BCUT2D eigenvalue weighted by atomic mass is 16.6. The van der Waals surface area contributed by atoms with E-state index in [9.17, 15) is 9.59 Å². The van der Waals surface area contributed by atoms with Crippen LogP contribution in [0.15, 0.2) is 30.3 Å². The van der Waals surface area contributed by atoms with Crippen LogP contribution < -0.4 is 4.74 Å². The molecule has 0 aliphatic carbocycles. The molecule has 1 aromatic rings. The molecule has 0 aromatic heterocycles. The van der Waals surface area contributed by atoms with E-state index in [1.54, 1.807) is 9.80 Å². The molecule has 1 N–H and O–H groups in total. The van der Waals surface area contributed by atoms with Gasteiger partial charge in [0.15, 0.2) is 0 Å². The maximum absolute atomic E-state index is 12.1. The summed E-state index contributed by atoms with van der Waals surface area (Å²) in [7, 11) is 0. The van der Waals surface area contributed by atoms with Crippen molar-refractivity contribution in [2.75, 3.05) is 39.4 Å². The molecule has 0 saturated carbocycles. The molecule has 2 heterocycles. The molecule has 3 rings (SSSR count). The van der Waals surface area contributed by atoms with Crippen LogP contribution in [0, 0.1) is 0 Å². The van der Waals surface area contributed by atoms with Crippen LogP contribution in [-0.2, 0) is 9.53 Å². The number of para-hydroxylation sites is 1. The van der Waals surface area contributed by atoms with E-state index >= 15 is 0 Å². The Morgan fingerprint density at radius 3 is 2.62 bits per heavy atom. The summed E-state index contributed by atoms with van der Waals surface area (Å²) < 4.78 is 11.2. The van der Waals surface area contributed by atoms with Crippen LogP contribution in [0.1, 0.15) is 12.8 Å². The molecule has 2 aliphatic heterocycles. The van der Waals surface area contributed by atoms with Crippen LogP contribution in [0.2, 0.25) is 0 Å². The fourth-order valence-electron chi connectivity index (χ4n) is 3.18. The molecule has 24 heavy (non-hydrogen) atoms. The summed E-state index contributed by atoms with van der Waals surface area (Å²) in [4.78, 5) is 26.9. The van der Waals surface area contributed by atoms with Gasteiger partial charge in [-0.15, -0.1) is 0 Å². The Morgan fingerprint density at radius 1 is 1.25 bits per heavy atom. The zero-order valence-electron chi connectivity index (χ0n) is 13.5. The Kier molecular flexibility index (Phi) is 4.89. The van der Waals surface area contributed by atoms with Crippen molar-refractivity contribution in [1.29, 1.82) is 0 Å². The van der Waals surface area contributed by atoms with Crippen LogP contribution in [-0.4, -0.2) is 71.9 Å². The molecule has 7 heteroatoms. The van der Waals surface area contributed by atoms with E-state index in [1.165, 1.54) is 0 Å². The second-order valence-electron chi connectivity index (χ2n) is 6.17. The number of likely N-dealkylation sites (tertiary alicyclic amines) is 1. The van der Waals surface area contributed by atoms with Crippen molar-refractivity contribution < 1.29 is 24.2 Å². The topological polar surface area (TPSA) is 79.3 Å². The van der Waals surface area contributed by atoms with Gasteiger partial charge in [0.1, 0.15) is 24.6 Å². The lowest BCUT2D eigenvalue weighted by molar-refractivity contribution is -0.137. The van der Waals surface area contributed by atoms with Gasteiger partial charge in [0.25, 0.3) is 0 Å². The number of carbonyl (C=O) groups excluding carboxylic acids is 2. The first-order valence-electron chi connectivity index (χ1n) is 8.16. The third kappa shape index (κ3) is 3.62. The van der Waals surface area contributed by atoms with E-state index < -0.39 is 12.2 Å². The smallest absolute Gasteiger partial charge is 0.410 e. The van der Waals surface area contributed by atoms with Crippen molar-refractivity contribution >= 4 is 12.0 Å². The summed E-state index contributed by atoms with van der Waals surface area (Å²) in [6, 6.07) is 9.46. The van der Waals surface area contributed by atoms with E-state index in [1.807, 2.05) is 30.3 Å². The number of nitrogens with zero attached hydrogens (tertiary/aromatic N) is 2. The Hall–Kier alpha value is -2.28. The van der Waals surface area contributed by atoms with Crippen LogP contribution in [0.25, 0.3) is 0 Å². The van der Waals surface area contributed by atoms with Crippen molar-refractivity contribution in [3.05, 3.63) is 30.3 Å². The lowest BCUT2D eigenvalue weighted by Crippen LogP contribution is -2.49. The van der Waals surface area contributed by atoms with E-state index in [4.69, 9.17) is 14.6 Å². The Labute approximate surface area is 140 Å². The minimum atomic E-state index is -0.518. The fourth-order valence-corrected chi connectivity index (χ4v) is 3.18. The van der Waals surface area contributed by atoms with Gasteiger partial charge >= 0.3 is 6.09 Å². The number of aliphatic hydroxyl groups excluding tert-OH is 1. The molecular formula is C17H22N2O5. The van der Waals surface area contributed by atoms with Crippen LogP contribution in [0.5, 0.6) is 5.75 Å². The zero-order valence-corrected chi connectivity index (χ0v) is 13.5. The number of piperidine rings is 1. The minimum absolute atomic E-state index is 0.276. The molecule has 1 spiro atoms. The molecular weight excluding hydrogens is 312 g/mol. The summed E-state index contributed by atoms with van der Waals surface area (Å²) in [6.07, 6.45) is 0.870. The second-order valence-corrected chi connectivity index (χ2v) is 6.17. The number of benzene rings is 1. The van der Waals surface area contributed by atoms with Crippen LogP contribution >= 0.6 is 0 Å². The molecule has 130 valence electrons. The number of hydrogen-bond acceptors (Lipinski definition) is 5. The first-order chi connectivity index (χ1) is 11.6. The number of amides is 2. The van der Waals surface area contributed by atoms with Gasteiger partial charge in [-0.25, -0.2) is 4.79 Å². The maximum Gasteiger partial charge on any atom is 0.410 e. The minimum Gasteiger partial charge on any atom is -0.492 e. The monoisotopic (exact) mass is 334 g/mol. The number of carbonyl (C=O) groups is 2. The van der Waals surface area contributed by atoms with Crippen molar-refractivity contribution in [2.24, 2.45) is 0 Å². The summed E-state index contributed by atoms with van der Waals surface area (Å²) >= 11 is 0. The van der Waals surface area contributed by atoms with Crippen molar-refractivity contribution in [2.45, 2.75) is 18.4 Å². The lowest BCUT2D eigenvalue weighted by Gasteiger charge is -2.37. The van der Waals surface area contributed by atoms with Crippen LogP contribution in [0.4, 0.5) is 4.79 Å². The molecule has 2 saturated heterocycles. The van der Waals surface area contributed by atoms with E-state index in [-0.39, 0.29) is 12.0 Å². The van der Waals surface area contributed by atoms with E-state index in [0.717, 1.165) is 5.75 Å². The van der Waals surface area contributed by atoms with Crippen LogP contribution in [0.3, 0.4) is 0 Å². The summed E-state index contributed by atoms with van der Waals surface area (Å²) in [5.41, 5.74) is -0.518. The molecule has 0 radical (unpaired) electrons. The van der Waals surface area contributed by atoms with Gasteiger partial charge in [0.05, 0.1) is 13.1 Å². The van der Waals surface area contributed by atoms with Crippen molar-refractivity contribution in [3.8, 4) is 5.75 Å². The standard InChI is InChI=1S/C17H22N2O5/c20-12-15(21)18-8-6-17(7-9-18)13-19(16(22)24-17)10-11-23-14-4-2-1-3-5-14/h1-5,20H,6-13H2. The molecule has 7 nitrogen and oxygen atoms in total. The summed E-state index contributed by atoms with van der Waals surface area (Å²) in [5.74, 6) is 0.498. The van der Waals surface area contributed by atoms with Crippen molar-refractivity contribution in [1.82, 2.24) is 9.80 Å². The highest BCUT2D eigenvalue weighted by molar-refractivity contribution is 5.77. The van der Waals surface area contributed by atoms with Gasteiger partial charge in [-0.1, -0.05) is 18.2 Å². The maximum atomic E-state index is 12.1. The van der Waals surface area contributed by atoms with Gasteiger partial charge in [-0.05, 0) is 12.1 Å². The average molecular weight is 334 g/mol. The molecule has 2 aliphatic rings. The van der Waals surface area contributed by atoms with E-state index in [2.05, 4.69) is 0 Å². The predicted molar refractivity (Wildman–Crippen MR) is 85.6 cm³/mol. The SMILES string of the molecule is O=C(CO)N1CCC2(CC1)CN(CCOc1ccccc1)C(=O)O2. The summed E-state index contributed by atoms with van der Waals surface area (Å²) in [6.45, 7) is 1.92. The zero-order chi connectivity index (χ0) is 17.0. The number of rotatable bonds is 5. The average Bonchev–Trinajstić information content (AvgIpc) is 2.91. The number of ether oxygens (including phenoxy) is 2. The molecule has 1 aromatic carbocycles. The number of aliphatic hydroxyl groups is 1. The Balaban J connectivity index is 1.48. The second kappa shape index (κ2) is 7.09. The highest BCUT2D eigenvalue weighted by Gasteiger charge is 2.47. The number of hydrogen-bond donors (Lipinski definition) is 1.